The summed E-state index contributed by atoms with van der Waals surface area (Å²) in [6, 6.07) is 3.82. The van der Waals surface area contributed by atoms with Gasteiger partial charge in [0.25, 0.3) is 5.91 Å². The molecule has 0 saturated carbocycles. The first-order chi connectivity index (χ1) is 9.01. The molecule has 1 aromatic heterocycles. The number of nitrogens with one attached hydrogen (secondary N) is 1. The number of aromatic nitrogens is 1. The number of pyridine rings is 1. The second kappa shape index (κ2) is 5.57. The predicted molar refractivity (Wildman–Crippen MR) is 75.7 cm³/mol. The molecule has 5 heteroatoms. The summed E-state index contributed by atoms with van der Waals surface area (Å²) in [6.45, 7) is 6.99. The summed E-state index contributed by atoms with van der Waals surface area (Å²) >= 11 is 0. The van der Waals surface area contributed by atoms with Gasteiger partial charge in [0.2, 0.25) is 0 Å². The summed E-state index contributed by atoms with van der Waals surface area (Å²) in [7, 11) is 0. The summed E-state index contributed by atoms with van der Waals surface area (Å²) in [5, 5.41) is 0. The fourth-order valence-corrected chi connectivity index (χ4v) is 2.60. The number of anilines is 1. The molecule has 0 spiro atoms. The van der Waals surface area contributed by atoms with Crippen molar-refractivity contribution >= 4 is 11.7 Å². The van der Waals surface area contributed by atoms with Crippen molar-refractivity contribution in [3.8, 4) is 0 Å². The molecule has 0 bridgehead atoms. The van der Waals surface area contributed by atoms with Crippen LogP contribution < -0.4 is 11.3 Å². The maximum atomic E-state index is 12.6. The van der Waals surface area contributed by atoms with Crippen LogP contribution >= 0.6 is 0 Å². The zero-order valence-electron chi connectivity index (χ0n) is 11.8. The van der Waals surface area contributed by atoms with Gasteiger partial charge in [0, 0.05) is 23.8 Å². The molecule has 1 aliphatic heterocycles. The van der Waals surface area contributed by atoms with Crippen molar-refractivity contribution in [3.05, 3.63) is 23.4 Å². The first-order valence-corrected chi connectivity index (χ1v) is 6.77. The molecule has 1 aliphatic rings. The third kappa shape index (κ3) is 3.04. The number of hydrazine groups is 1. The maximum absolute atomic E-state index is 12.6. The number of aryl methyl sites for hydroxylation is 1. The molecule has 2 unspecified atom stereocenters. The zero-order chi connectivity index (χ0) is 14.0. The quantitative estimate of drug-likeness (QED) is 0.631. The van der Waals surface area contributed by atoms with Crippen LogP contribution in [0.5, 0.6) is 0 Å². The third-order valence-corrected chi connectivity index (χ3v) is 3.73. The van der Waals surface area contributed by atoms with Crippen LogP contribution in [0.4, 0.5) is 5.82 Å². The van der Waals surface area contributed by atoms with Crippen LogP contribution in [-0.2, 0) is 0 Å². The first-order valence-electron chi connectivity index (χ1n) is 6.77. The second-order valence-electron chi connectivity index (χ2n) is 5.52. The molecule has 0 radical (unpaired) electrons. The smallest absolute Gasteiger partial charge is 0.254 e. The van der Waals surface area contributed by atoms with Gasteiger partial charge in [0.15, 0.2) is 0 Å². The monoisotopic (exact) mass is 262 g/mol. The van der Waals surface area contributed by atoms with Crippen LogP contribution in [-0.4, -0.2) is 28.4 Å². The topological polar surface area (TPSA) is 71.2 Å². The lowest BCUT2D eigenvalue weighted by atomic mass is 9.94. The molecule has 1 amide bonds. The highest BCUT2D eigenvalue weighted by Crippen LogP contribution is 2.23. The van der Waals surface area contributed by atoms with Crippen LogP contribution in [0, 0.1) is 12.8 Å². The van der Waals surface area contributed by atoms with E-state index in [0.717, 1.165) is 18.7 Å². The van der Waals surface area contributed by atoms with Crippen molar-refractivity contribution in [2.75, 3.05) is 12.0 Å². The Bertz CT molecular complexity index is 475. The van der Waals surface area contributed by atoms with E-state index in [2.05, 4.69) is 24.3 Å². The molecule has 0 aliphatic carbocycles. The number of carbonyl (C=O) groups is 1. The van der Waals surface area contributed by atoms with Gasteiger partial charge < -0.3 is 10.3 Å². The molecule has 2 heterocycles. The van der Waals surface area contributed by atoms with Gasteiger partial charge in [-0.15, -0.1) is 0 Å². The summed E-state index contributed by atoms with van der Waals surface area (Å²) < 4.78 is 0. The molecule has 5 nitrogen and oxygen atoms in total. The Morgan fingerprint density at radius 3 is 2.84 bits per heavy atom. The number of hydrogen-bond acceptors (Lipinski definition) is 4. The molecule has 1 aromatic rings. The van der Waals surface area contributed by atoms with Crippen LogP contribution in [0.2, 0.25) is 0 Å². The number of rotatable bonds is 2. The second-order valence-corrected chi connectivity index (χ2v) is 5.52. The standard InChI is InChI=1S/C14H22N4O/c1-9-4-5-11(3)18(8-9)14(19)12-6-10(2)16-13(7-12)17-15/h6-7,9,11H,4-5,8,15H2,1-3H3,(H,16,17). The molecule has 3 N–H and O–H groups in total. The van der Waals surface area contributed by atoms with E-state index in [1.165, 1.54) is 6.42 Å². The lowest BCUT2D eigenvalue weighted by molar-refractivity contribution is 0.0574. The Morgan fingerprint density at radius 1 is 1.42 bits per heavy atom. The number of amides is 1. The van der Waals surface area contributed by atoms with E-state index in [1.54, 1.807) is 6.07 Å². The Labute approximate surface area is 114 Å². The molecule has 1 saturated heterocycles. The molecule has 104 valence electrons. The zero-order valence-corrected chi connectivity index (χ0v) is 11.8. The fraction of sp³-hybridized carbons (Fsp3) is 0.571. The van der Waals surface area contributed by atoms with E-state index in [0.29, 0.717) is 23.3 Å². The van der Waals surface area contributed by atoms with Crippen molar-refractivity contribution in [1.29, 1.82) is 0 Å². The van der Waals surface area contributed by atoms with Crippen molar-refractivity contribution in [1.82, 2.24) is 9.88 Å². The van der Waals surface area contributed by atoms with Crippen molar-refractivity contribution in [3.63, 3.8) is 0 Å². The third-order valence-electron chi connectivity index (χ3n) is 3.73. The number of nitrogens with zero attached hydrogens (tertiary/aromatic N) is 2. The van der Waals surface area contributed by atoms with E-state index in [4.69, 9.17) is 5.84 Å². The minimum absolute atomic E-state index is 0.0704. The molecule has 2 rings (SSSR count). The molecule has 0 aromatic carbocycles. The molecule has 2 atom stereocenters. The fourth-order valence-electron chi connectivity index (χ4n) is 2.60. The van der Waals surface area contributed by atoms with Gasteiger partial charge in [-0.1, -0.05) is 6.92 Å². The van der Waals surface area contributed by atoms with E-state index in [9.17, 15) is 4.79 Å². The Balaban J connectivity index is 2.25. The van der Waals surface area contributed by atoms with Crippen molar-refractivity contribution in [2.24, 2.45) is 11.8 Å². The van der Waals surface area contributed by atoms with E-state index in [-0.39, 0.29) is 5.91 Å². The van der Waals surface area contributed by atoms with Gasteiger partial charge in [-0.05, 0) is 44.7 Å². The lowest BCUT2D eigenvalue weighted by Crippen LogP contribution is -2.45. The van der Waals surface area contributed by atoms with Crippen LogP contribution in [0.1, 0.15) is 42.7 Å². The van der Waals surface area contributed by atoms with Gasteiger partial charge in [-0.2, -0.15) is 0 Å². The van der Waals surface area contributed by atoms with E-state index < -0.39 is 0 Å². The highest BCUT2D eigenvalue weighted by molar-refractivity contribution is 5.95. The minimum atomic E-state index is 0.0704. The SMILES string of the molecule is Cc1cc(C(=O)N2CC(C)CCC2C)cc(NN)n1. The summed E-state index contributed by atoms with van der Waals surface area (Å²) in [5.74, 6) is 6.54. The Kier molecular flexibility index (Phi) is 4.04. The normalized spacial score (nSPS) is 23.3. The molecule has 19 heavy (non-hydrogen) atoms. The van der Waals surface area contributed by atoms with Crippen LogP contribution in [0.15, 0.2) is 12.1 Å². The van der Waals surface area contributed by atoms with Gasteiger partial charge in [-0.3, -0.25) is 4.79 Å². The highest BCUT2D eigenvalue weighted by Gasteiger charge is 2.27. The molecular formula is C14H22N4O. The number of nitrogen functional groups attached to an aromatic ring is 1. The van der Waals surface area contributed by atoms with Gasteiger partial charge in [0.1, 0.15) is 5.82 Å². The number of carbonyl (C=O) groups excluding carboxylic acids is 1. The average molecular weight is 262 g/mol. The van der Waals surface area contributed by atoms with E-state index >= 15 is 0 Å². The molecule has 1 fully saturated rings. The summed E-state index contributed by atoms with van der Waals surface area (Å²) in [4.78, 5) is 18.8. The summed E-state index contributed by atoms with van der Waals surface area (Å²) in [6.07, 6.45) is 2.26. The van der Waals surface area contributed by atoms with Gasteiger partial charge in [0.05, 0.1) is 0 Å². The van der Waals surface area contributed by atoms with Crippen LogP contribution in [0.3, 0.4) is 0 Å². The minimum Gasteiger partial charge on any atom is -0.336 e. The molecular weight excluding hydrogens is 240 g/mol. The predicted octanol–water partition coefficient (Wildman–Crippen LogP) is 1.94. The summed E-state index contributed by atoms with van der Waals surface area (Å²) in [5.41, 5.74) is 3.95. The number of nitrogens with two attached hydrogens (primary N) is 1. The van der Waals surface area contributed by atoms with Crippen molar-refractivity contribution < 1.29 is 4.79 Å². The van der Waals surface area contributed by atoms with Crippen molar-refractivity contribution in [2.45, 2.75) is 39.7 Å². The highest BCUT2D eigenvalue weighted by atomic mass is 16.2. The lowest BCUT2D eigenvalue weighted by Gasteiger charge is -2.37. The number of likely N-dealkylation sites (tertiary alicyclic amines) is 1. The van der Waals surface area contributed by atoms with E-state index in [1.807, 2.05) is 17.9 Å². The number of piperidine rings is 1. The Hall–Kier alpha value is -1.62. The largest absolute Gasteiger partial charge is 0.336 e. The first kappa shape index (κ1) is 13.8. The maximum Gasteiger partial charge on any atom is 0.254 e. The van der Waals surface area contributed by atoms with Gasteiger partial charge >= 0.3 is 0 Å². The van der Waals surface area contributed by atoms with Crippen LogP contribution in [0.25, 0.3) is 0 Å². The van der Waals surface area contributed by atoms with Gasteiger partial charge in [-0.25, -0.2) is 10.8 Å². The number of hydrogen-bond donors (Lipinski definition) is 2. The Morgan fingerprint density at radius 2 is 2.16 bits per heavy atom. The average Bonchev–Trinajstić information content (AvgIpc) is 2.40.